The maximum Gasteiger partial charge on any atom is 0.303 e. The Balaban J connectivity index is 1.94. The predicted molar refractivity (Wildman–Crippen MR) is 66.6 cm³/mol. The van der Waals surface area contributed by atoms with Gasteiger partial charge in [0.05, 0.1) is 6.42 Å². The van der Waals surface area contributed by atoms with Crippen LogP contribution in [0.3, 0.4) is 0 Å². The van der Waals surface area contributed by atoms with Crippen LogP contribution in [0.5, 0.6) is 0 Å². The lowest BCUT2D eigenvalue weighted by Crippen LogP contribution is -2.21. The highest BCUT2D eigenvalue weighted by atomic mass is 16.4. The highest BCUT2D eigenvalue weighted by molar-refractivity contribution is 5.89. The topological polar surface area (TPSA) is 123 Å². The summed E-state index contributed by atoms with van der Waals surface area (Å²) in [6.07, 6.45) is 1.63. The van der Waals surface area contributed by atoms with E-state index in [-0.39, 0.29) is 25.3 Å². The quantitative estimate of drug-likeness (QED) is 0.744. The minimum Gasteiger partial charge on any atom is -0.481 e. The molecule has 9 heteroatoms. The Bertz CT molecular complexity index is 597. The van der Waals surface area contributed by atoms with Crippen LogP contribution < -0.4 is 5.32 Å². The number of tetrazole rings is 1. The number of nitrogens with one attached hydrogen (secondary N) is 1. The molecule has 2 rings (SSSR count). The number of aliphatic carboxylic acids is 1. The highest BCUT2D eigenvalue weighted by Gasteiger charge is 2.12. The molecule has 0 radical (unpaired) electrons. The van der Waals surface area contributed by atoms with Gasteiger partial charge in [-0.3, -0.25) is 9.59 Å². The fraction of sp³-hybridized carbons (Fsp3) is 0.273. The van der Waals surface area contributed by atoms with Gasteiger partial charge in [-0.15, -0.1) is 5.10 Å². The molecule has 9 nitrogen and oxygen atoms in total. The smallest absolute Gasteiger partial charge is 0.303 e. The molecule has 0 unspecified atom stereocenters. The van der Waals surface area contributed by atoms with Crippen LogP contribution >= 0.6 is 0 Å². The average molecular weight is 276 g/mol. The van der Waals surface area contributed by atoms with Gasteiger partial charge < -0.3 is 10.4 Å². The number of hydrogen-bond acceptors (Lipinski definition) is 6. The van der Waals surface area contributed by atoms with E-state index in [2.05, 4.69) is 25.8 Å². The van der Waals surface area contributed by atoms with Crippen molar-refractivity contribution in [1.29, 1.82) is 0 Å². The van der Waals surface area contributed by atoms with E-state index in [0.717, 1.165) is 0 Å². The van der Waals surface area contributed by atoms with E-state index in [9.17, 15) is 9.59 Å². The highest BCUT2D eigenvalue weighted by Crippen LogP contribution is 2.02. The lowest BCUT2D eigenvalue weighted by molar-refractivity contribution is -0.137. The maximum absolute atomic E-state index is 11.8. The lowest BCUT2D eigenvalue weighted by Gasteiger charge is -2.05. The van der Waals surface area contributed by atoms with Gasteiger partial charge in [-0.1, -0.05) is 6.07 Å². The Hall–Kier alpha value is -2.84. The molecular weight excluding hydrogens is 264 g/mol. The molecule has 20 heavy (non-hydrogen) atoms. The van der Waals surface area contributed by atoms with Crippen molar-refractivity contribution >= 4 is 17.7 Å². The number of carbonyl (C=O) groups is 2. The number of carboxylic acid groups (broad SMARTS) is 1. The van der Waals surface area contributed by atoms with Crippen LogP contribution in [-0.4, -0.2) is 42.2 Å². The predicted octanol–water partition coefficient (Wildman–Crippen LogP) is -0.276. The molecule has 2 aromatic heterocycles. The van der Waals surface area contributed by atoms with Crippen LogP contribution in [-0.2, 0) is 22.6 Å². The molecule has 0 aliphatic rings. The zero-order valence-electron chi connectivity index (χ0n) is 10.4. The Labute approximate surface area is 113 Å². The average Bonchev–Trinajstić information content (AvgIpc) is 2.84. The molecule has 0 saturated heterocycles. The zero-order valence-corrected chi connectivity index (χ0v) is 10.4. The van der Waals surface area contributed by atoms with Crippen molar-refractivity contribution in [2.45, 2.75) is 19.4 Å². The maximum atomic E-state index is 11.8. The molecule has 2 N–H and O–H groups in total. The second kappa shape index (κ2) is 6.36. The van der Waals surface area contributed by atoms with E-state index in [1.807, 2.05) is 0 Å². The summed E-state index contributed by atoms with van der Waals surface area (Å²) >= 11 is 0. The first-order chi connectivity index (χ1) is 9.65. The van der Waals surface area contributed by atoms with Crippen molar-refractivity contribution in [2.75, 3.05) is 5.32 Å². The third-order valence-electron chi connectivity index (χ3n) is 2.39. The molecule has 0 atom stereocenters. The van der Waals surface area contributed by atoms with Crippen LogP contribution in [0.4, 0.5) is 5.82 Å². The number of carbonyl (C=O) groups excluding carboxylic acids is 1. The number of aryl methyl sites for hydroxylation is 1. The Morgan fingerprint density at radius 1 is 1.35 bits per heavy atom. The van der Waals surface area contributed by atoms with Crippen molar-refractivity contribution in [3.05, 3.63) is 30.2 Å². The Morgan fingerprint density at radius 2 is 2.20 bits per heavy atom. The molecule has 0 saturated carbocycles. The summed E-state index contributed by atoms with van der Waals surface area (Å²) in [6.45, 7) is -0.0987. The monoisotopic (exact) mass is 276 g/mol. The number of rotatable bonds is 6. The summed E-state index contributed by atoms with van der Waals surface area (Å²) in [5.41, 5.74) is 0. The summed E-state index contributed by atoms with van der Waals surface area (Å²) in [5, 5.41) is 22.0. The first-order valence-corrected chi connectivity index (χ1v) is 5.83. The SMILES string of the molecule is O=C(O)CCc1nnnn1CC(=O)Nc1ccccn1. The summed E-state index contributed by atoms with van der Waals surface area (Å²) in [4.78, 5) is 26.2. The summed E-state index contributed by atoms with van der Waals surface area (Å²) in [5.74, 6) is -0.508. The van der Waals surface area contributed by atoms with Gasteiger partial charge in [0.25, 0.3) is 0 Å². The van der Waals surface area contributed by atoms with Crippen molar-refractivity contribution in [3.8, 4) is 0 Å². The van der Waals surface area contributed by atoms with Crippen molar-refractivity contribution in [1.82, 2.24) is 25.2 Å². The molecule has 1 amide bonds. The number of aromatic nitrogens is 5. The molecule has 2 heterocycles. The van der Waals surface area contributed by atoms with Crippen LogP contribution in [0.1, 0.15) is 12.2 Å². The number of carboxylic acids is 1. The zero-order chi connectivity index (χ0) is 14.4. The molecule has 0 fully saturated rings. The van der Waals surface area contributed by atoms with E-state index in [1.54, 1.807) is 24.4 Å². The molecule has 0 bridgehead atoms. The third kappa shape index (κ3) is 3.83. The van der Waals surface area contributed by atoms with Crippen LogP contribution in [0.2, 0.25) is 0 Å². The summed E-state index contributed by atoms with van der Waals surface area (Å²) in [7, 11) is 0. The Kier molecular flexibility index (Phi) is 4.32. The van der Waals surface area contributed by atoms with Gasteiger partial charge in [0.15, 0.2) is 5.82 Å². The molecule has 0 aliphatic heterocycles. The normalized spacial score (nSPS) is 10.2. The molecule has 0 spiro atoms. The van der Waals surface area contributed by atoms with Gasteiger partial charge in [-0.25, -0.2) is 9.67 Å². The van der Waals surface area contributed by atoms with E-state index in [4.69, 9.17) is 5.11 Å². The van der Waals surface area contributed by atoms with Gasteiger partial charge in [0.1, 0.15) is 12.4 Å². The first-order valence-electron chi connectivity index (χ1n) is 5.83. The van der Waals surface area contributed by atoms with Gasteiger partial charge in [-0.2, -0.15) is 0 Å². The minimum absolute atomic E-state index is 0.0950. The van der Waals surface area contributed by atoms with Gasteiger partial charge in [-0.05, 0) is 22.6 Å². The minimum atomic E-state index is -0.947. The number of amides is 1. The summed E-state index contributed by atoms with van der Waals surface area (Å²) < 4.78 is 1.27. The number of anilines is 1. The molecule has 0 aromatic carbocycles. The number of nitrogens with zero attached hydrogens (tertiary/aromatic N) is 5. The molecule has 2 aromatic rings. The van der Waals surface area contributed by atoms with Crippen LogP contribution in [0.15, 0.2) is 24.4 Å². The second-order valence-corrected chi connectivity index (χ2v) is 3.91. The molecule has 0 aliphatic carbocycles. The first kappa shape index (κ1) is 13.6. The van der Waals surface area contributed by atoms with Gasteiger partial charge >= 0.3 is 5.97 Å². The number of hydrogen-bond donors (Lipinski definition) is 2. The molecule has 104 valence electrons. The van der Waals surface area contributed by atoms with E-state index in [1.165, 1.54) is 4.68 Å². The van der Waals surface area contributed by atoms with Crippen LogP contribution in [0, 0.1) is 0 Å². The van der Waals surface area contributed by atoms with Crippen LogP contribution in [0.25, 0.3) is 0 Å². The van der Waals surface area contributed by atoms with Crippen molar-refractivity contribution in [2.24, 2.45) is 0 Å². The van der Waals surface area contributed by atoms with E-state index < -0.39 is 5.97 Å². The second-order valence-electron chi connectivity index (χ2n) is 3.91. The largest absolute Gasteiger partial charge is 0.481 e. The summed E-state index contributed by atoms with van der Waals surface area (Å²) in [6, 6.07) is 5.14. The molecular formula is C11H12N6O3. The Morgan fingerprint density at radius 3 is 2.90 bits per heavy atom. The van der Waals surface area contributed by atoms with Crippen molar-refractivity contribution < 1.29 is 14.7 Å². The lowest BCUT2D eigenvalue weighted by atomic mass is 10.3. The van der Waals surface area contributed by atoms with Gasteiger partial charge in [0, 0.05) is 12.6 Å². The van der Waals surface area contributed by atoms with E-state index >= 15 is 0 Å². The fourth-order valence-corrected chi connectivity index (χ4v) is 1.50. The van der Waals surface area contributed by atoms with Gasteiger partial charge in [0.2, 0.25) is 5.91 Å². The standard InChI is InChI=1S/C11H12N6O3/c18-10(13-8-3-1-2-6-12-8)7-17-9(14-15-16-17)4-5-11(19)20/h1-3,6H,4-5,7H2,(H,19,20)(H,12,13,18). The third-order valence-corrected chi connectivity index (χ3v) is 2.39. The van der Waals surface area contributed by atoms with E-state index in [0.29, 0.717) is 11.6 Å². The van der Waals surface area contributed by atoms with Crippen molar-refractivity contribution in [3.63, 3.8) is 0 Å². The number of pyridine rings is 1. The fourth-order valence-electron chi connectivity index (χ4n) is 1.50.